The molecular weight excluding hydrogens is 439 g/mol. The van der Waals surface area contributed by atoms with Crippen molar-refractivity contribution in [1.82, 2.24) is 10.2 Å². The second-order valence-corrected chi connectivity index (χ2v) is 9.31. The maximum absolute atomic E-state index is 13.2. The smallest absolute Gasteiger partial charge is 0.242 e. The van der Waals surface area contributed by atoms with Crippen LogP contribution in [0.2, 0.25) is 10.0 Å². The van der Waals surface area contributed by atoms with E-state index in [1.807, 2.05) is 51.1 Å². The van der Waals surface area contributed by atoms with Crippen molar-refractivity contribution in [3.63, 3.8) is 0 Å². The van der Waals surface area contributed by atoms with Gasteiger partial charge in [-0.2, -0.15) is 0 Å². The van der Waals surface area contributed by atoms with Crippen LogP contribution < -0.4 is 5.32 Å². The standard InChI is InChI=1S/C23H28Cl2N2O2S/c1-4-21(23(29)26-13-16(2)3)27(14-17-10-11-18(24)12-20(17)25)22(28)15-30-19-8-6-5-7-9-19/h5-12,16,21H,4,13-15H2,1-3H3,(H,26,29)/t21-/m0/s1. The molecule has 0 saturated heterocycles. The van der Waals surface area contributed by atoms with Gasteiger partial charge in [0.15, 0.2) is 0 Å². The molecule has 0 fully saturated rings. The van der Waals surface area contributed by atoms with Crippen LogP contribution in [0, 0.1) is 5.92 Å². The van der Waals surface area contributed by atoms with Crippen LogP contribution in [0.15, 0.2) is 53.4 Å². The van der Waals surface area contributed by atoms with Crippen LogP contribution in [0.4, 0.5) is 0 Å². The van der Waals surface area contributed by atoms with Crippen LogP contribution in [0.1, 0.15) is 32.8 Å². The van der Waals surface area contributed by atoms with Gasteiger partial charge in [-0.1, -0.05) is 68.2 Å². The highest BCUT2D eigenvalue weighted by Crippen LogP contribution is 2.25. The minimum Gasteiger partial charge on any atom is -0.354 e. The Morgan fingerprint density at radius 3 is 2.40 bits per heavy atom. The van der Waals surface area contributed by atoms with E-state index in [2.05, 4.69) is 5.32 Å². The predicted molar refractivity (Wildman–Crippen MR) is 126 cm³/mol. The molecule has 162 valence electrons. The Kier molecular flexibility index (Phi) is 10.0. The number of carbonyl (C=O) groups excluding carboxylic acids is 2. The van der Waals surface area contributed by atoms with Gasteiger partial charge in [-0.3, -0.25) is 9.59 Å². The molecule has 0 spiro atoms. The van der Waals surface area contributed by atoms with Gasteiger partial charge in [0.2, 0.25) is 11.8 Å². The Hall–Kier alpha value is -1.69. The summed E-state index contributed by atoms with van der Waals surface area (Å²) in [6.45, 7) is 6.80. The zero-order valence-electron chi connectivity index (χ0n) is 17.5. The number of rotatable bonds is 10. The minimum atomic E-state index is -0.570. The van der Waals surface area contributed by atoms with E-state index >= 15 is 0 Å². The summed E-state index contributed by atoms with van der Waals surface area (Å²) in [5.74, 6) is 0.314. The molecule has 0 aliphatic carbocycles. The molecule has 0 aromatic heterocycles. The second kappa shape index (κ2) is 12.2. The first-order valence-electron chi connectivity index (χ1n) is 10.0. The molecule has 0 aliphatic heterocycles. The molecule has 4 nitrogen and oxygen atoms in total. The number of halogens is 2. The molecule has 30 heavy (non-hydrogen) atoms. The number of hydrogen-bond acceptors (Lipinski definition) is 3. The van der Waals surface area contributed by atoms with Crippen molar-refractivity contribution in [3.8, 4) is 0 Å². The summed E-state index contributed by atoms with van der Waals surface area (Å²) in [7, 11) is 0. The van der Waals surface area contributed by atoms with Crippen molar-refractivity contribution in [3.05, 3.63) is 64.1 Å². The quantitative estimate of drug-likeness (QED) is 0.459. The van der Waals surface area contributed by atoms with Gasteiger partial charge in [0.1, 0.15) is 6.04 Å². The average molecular weight is 467 g/mol. The summed E-state index contributed by atoms with van der Waals surface area (Å²) >= 11 is 13.8. The van der Waals surface area contributed by atoms with Crippen molar-refractivity contribution in [2.45, 2.75) is 44.7 Å². The lowest BCUT2D eigenvalue weighted by Gasteiger charge is -2.31. The fraction of sp³-hybridized carbons (Fsp3) is 0.391. The molecular formula is C23H28Cl2N2O2S. The Bertz CT molecular complexity index is 846. The molecule has 2 aromatic carbocycles. The van der Waals surface area contributed by atoms with Crippen LogP contribution in [-0.4, -0.2) is 35.1 Å². The number of benzene rings is 2. The lowest BCUT2D eigenvalue weighted by molar-refractivity contribution is -0.139. The molecule has 2 aromatic rings. The van der Waals surface area contributed by atoms with E-state index in [1.165, 1.54) is 11.8 Å². The lowest BCUT2D eigenvalue weighted by Crippen LogP contribution is -2.50. The van der Waals surface area contributed by atoms with Crippen molar-refractivity contribution in [2.75, 3.05) is 12.3 Å². The predicted octanol–water partition coefficient (Wildman–Crippen LogP) is 5.67. The summed E-state index contributed by atoms with van der Waals surface area (Å²) < 4.78 is 0. The van der Waals surface area contributed by atoms with Gasteiger partial charge in [0, 0.05) is 28.0 Å². The third kappa shape index (κ3) is 7.53. The summed E-state index contributed by atoms with van der Waals surface area (Å²) in [6, 6.07) is 14.4. The van der Waals surface area contributed by atoms with Gasteiger partial charge in [-0.25, -0.2) is 0 Å². The average Bonchev–Trinajstić information content (AvgIpc) is 2.72. The molecule has 0 saturated carbocycles. The highest BCUT2D eigenvalue weighted by molar-refractivity contribution is 8.00. The zero-order chi connectivity index (χ0) is 22.1. The monoisotopic (exact) mass is 466 g/mol. The van der Waals surface area contributed by atoms with E-state index in [1.54, 1.807) is 23.1 Å². The second-order valence-electron chi connectivity index (χ2n) is 7.42. The maximum Gasteiger partial charge on any atom is 0.242 e. The first kappa shape index (κ1) is 24.6. The molecule has 2 amide bonds. The number of thioether (sulfide) groups is 1. The molecule has 0 heterocycles. The topological polar surface area (TPSA) is 49.4 Å². The van der Waals surface area contributed by atoms with Gasteiger partial charge < -0.3 is 10.2 Å². The SMILES string of the molecule is CC[C@@H](C(=O)NCC(C)C)N(Cc1ccc(Cl)cc1Cl)C(=O)CSc1ccccc1. The first-order valence-corrected chi connectivity index (χ1v) is 11.7. The molecule has 0 aliphatic rings. The van der Waals surface area contributed by atoms with E-state index in [9.17, 15) is 9.59 Å². The molecule has 2 rings (SSSR count). The molecule has 1 N–H and O–H groups in total. The van der Waals surface area contributed by atoms with Crippen molar-refractivity contribution < 1.29 is 9.59 Å². The number of amides is 2. The van der Waals surface area contributed by atoms with E-state index < -0.39 is 6.04 Å². The fourth-order valence-corrected chi connectivity index (χ4v) is 4.19. The molecule has 1 atom stereocenters. The first-order chi connectivity index (χ1) is 14.3. The van der Waals surface area contributed by atoms with Crippen LogP contribution >= 0.6 is 35.0 Å². The number of nitrogens with zero attached hydrogens (tertiary/aromatic N) is 1. The third-order valence-corrected chi connectivity index (χ3v) is 6.12. The van der Waals surface area contributed by atoms with Crippen molar-refractivity contribution >= 4 is 46.8 Å². The van der Waals surface area contributed by atoms with E-state index in [4.69, 9.17) is 23.2 Å². The normalized spacial score (nSPS) is 11.9. The van der Waals surface area contributed by atoms with Gasteiger partial charge in [-0.15, -0.1) is 11.8 Å². The van der Waals surface area contributed by atoms with E-state index in [-0.39, 0.29) is 24.1 Å². The highest BCUT2D eigenvalue weighted by Gasteiger charge is 2.29. The summed E-state index contributed by atoms with van der Waals surface area (Å²) in [4.78, 5) is 28.7. The van der Waals surface area contributed by atoms with Crippen LogP contribution in [-0.2, 0) is 16.1 Å². The molecule has 0 bridgehead atoms. The molecule has 0 unspecified atom stereocenters. The summed E-state index contributed by atoms with van der Waals surface area (Å²) in [5, 5.41) is 3.97. The molecule has 0 radical (unpaired) electrons. The molecule has 7 heteroatoms. The van der Waals surface area contributed by atoms with Gasteiger partial charge in [0.25, 0.3) is 0 Å². The van der Waals surface area contributed by atoms with Crippen LogP contribution in [0.5, 0.6) is 0 Å². The maximum atomic E-state index is 13.2. The largest absolute Gasteiger partial charge is 0.354 e. The Morgan fingerprint density at radius 1 is 1.10 bits per heavy atom. The number of nitrogens with one attached hydrogen (secondary N) is 1. The van der Waals surface area contributed by atoms with Crippen LogP contribution in [0.25, 0.3) is 0 Å². The fourth-order valence-electron chi connectivity index (χ4n) is 2.92. The van der Waals surface area contributed by atoms with Crippen molar-refractivity contribution in [2.24, 2.45) is 5.92 Å². The Balaban J connectivity index is 2.22. The lowest BCUT2D eigenvalue weighted by atomic mass is 10.1. The number of carbonyl (C=O) groups is 2. The van der Waals surface area contributed by atoms with E-state index in [0.29, 0.717) is 28.9 Å². The van der Waals surface area contributed by atoms with Crippen molar-refractivity contribution in [1.29, 1.82) is 0 Å². The minimum absolute atomic E-state index is 0.110. The third-order valence-electron chi connectivity index (χ3n) is 4.53. The zero-order valence-corrected chi connectivity index (χ0v) is 19.9. The van der Waals surface area contributed by atoms with E-state index in [0.717, 1.165) is 10.5 Å². The summed E-state index contributed by atoms with van der Waals surface area (Å²) in [6.07, 6.45) is 0.511. The van der Waals surface area contributed by atoms with Crippen LogP contribution in [0.3, 0.4) is 0 Å². The summed E-state index contributed by atoms with van der Waals surface area (Å²) in [5.41, 5.74) is 0.759. The highest BCUT2D eigenvalue weighted by atomic mass is 35.5. The Morgan fingerprint density at radius 2 is 1.80 bits per heavy atom. The number of hydrogen-bond donors (Lipinski definition) is 1. The van der Waals surface area contributed by atoms with Gasteiger partial charge >= 0.3 is 0 Å². The van der Waals surface area contributed by atoms with Gasteiger partial charge in [0.05, 0.1) is 5.75 Å². The van der Waals surface area contributed by atoms with Gasteiger partial charge in [-0.05, 0) is 42.2 Å². The Labute approximate surface area is 193 Å².